The topological polar surface area (TPSA) is 72.5 Å². The second kappa shape index (κ2) is 6.05. The van der Waals surface area contributed by atoms with Gasteiger partial charge in [0.25, 0.3) is 0 Å². The lowest BCUT2D eigenvalue weighted by molar-refractivity contribution is -0.136. The number of carbonyl (C=O) groups is 1. The molecule has 1 saturated heterocycles. The van der Waals surface area contributed by atoms with Crippen LogP contribution in [0.2, 0.25) is 0 Å². The number of benzene rings is 1. The van der Waals surface area contributed by atoms with E-state index in [-0.39, 0.29) is 28.9 Å². The Morgan fingerprint density at radius 3 is 2.48 bits per heavy atom. The molecule has 5 atom stereocenters. The number of amides is 1. The Morgan fingerprint density at radius 1 is 1.22 bits per heavy atom. The standard InChI is InChI=1S/C21H29NO4S/c1-13(23)22-19-20(2,3)15-11-17-18(26-10-9-21(17,19)12-15)14-5-7-16(8-6-14)27(4,24)25/h5-8,15,17-19H,9-12H2,1-4H3,(H,22,23)/t15-,17-,18-,19-,21-/m1/s1. The van der Waals surface area contributed by atoms with Crippen LogP contribution in [0.15, 0.2) is 29.2 Å². The van der Waals surface area contributed by atoms with E-state index in [9.17, 15) is 13.2 Å². The first-order chi connectivity index (χ1) is 12.6. The van der Waals surface area contributed by atoms with E-state index >= 15 is 0 Å². The van der Waals surface area contributed by atoms with Gasteiger partial charge >= 0.3 is 0 Å². The zero-order chi connectivity index (χ0) is 19.6. The van der Waals surface area contributed by atoms with Crippen LogP contribution in [0.1, 0.15) is 51.7 Å². The highest BCUT2D eigenvalue weighted by atomic mass is 32.2. The van der Waals surface area contributed by atoms with Gasteiger partial charge in [-0.2, -0.15) is 0 Å². The minimum absolute atomic E-state index is 0.0364. The zero-order valence-electron chi connectivity index (χ0n) is 16.5. The summed E-state index contributed by atoms with van der Waals surface area (Å²) in [6, 6.07) is 7.30. The predicted octanol–water partition coefficient (Wildman–Crippen LogP) is 3.11. The first-order valence-electron chi connectivity index (χ1n) is 9.74. The van der Waals surface area contributed by atoms with Crippen molar-refractivity contribution in [3.05, 3.63) is 29.8 Å². The highest BCUT2D eigenvalue weighted by Crippen LogP contribution is 2.70. The van der Waals surface area contributed by atoms with E-state index in [1.165, 1.54) is 6.26 Å². The summed E-state index contributed by atoms with van der Waals surface area (Å²) in [5, 5.41) is 3.28. The van der Waals surface area contributed by atoms with Crippen molar-refractivity contribution in [1.29, 1.82) is 0 Å². The molecule has 4 rings (SSSR count). The number of rotatable bonds is 3. The molecule has 27 heavy (non-hydrogen) atoms. The minimum atomic E-state index is -3.20. The molecule has 2 aliphatic carbocycles. The average molecular weight is 392 g/mol. The van der Waals surface area contributed by atoms with E-state index in [1.807, 2.05) is 12.1 Å². The van der Waals surface area contributed by atoms with E-state index in [0.717, 1.165) is 24.8 Å². The van der Waals surface area contributed by atoms with Crippen LogP contribution < -0.4 is 5.32 Å². The Kier molecular flexibility index (Phi) is 4.24. The molecule has 0 unspecified atom stereocenters. The molecule has 2 bridgehead atoms. The lowest BCUT2D eigenvalue weighted by Gasteiger charge is -2.53. The summed E-state index contributed by atoms with van der Waals surface area (Å²) >= 11 is 0. The first kappa shape index (κ1) is 18.9. The summed E-state index contributed by atoms with van der Waals surface area (Å²) in [5.41, 5.74) is 1.20. The van der Waals surface area contributed by atoms with Crippen LogP contribution >= 0.6 is 0 Å². The predicted molar refractivity (Wildman–Crippen MR) is 103 cm³/mol. The number of carbonyl (C=O) groups excluding carboxylic acids is 1. The fourth-order valence-corrected chi connectivity index (χ4v) is 6.86. The lowest BCUT2D eigenvalue weighted by atomic mass is 9.59. The van der Waals surface area contributed by atoms with E-state index < -0.39 is 9.84 Å². The second-order valence-corrected chi connectivity index (χ2v) is 11.3. The SMILES string of the molecule is CC(=O)N[C@@H]1C(C)(C)[C@@H]2C[C@@H]3[C@@H](c4ccc(S(C)(=O)=O)cc4)OCC[C@@]31C2. The smallest absolute Gasteiger partial charge is 0.217 e. The molecular formula is C21H29NO4S. The maximum Gasteiger partial charge on any atom is 0.217 e. The number of fused-ring (bicyclic) bond motifs is 1. The molecule has 0 aromatic heterocycles. The van der Waals surface area contributed by atoms with Crippen molar-refractivity contribution in [2.24, 2.45) is 22.7 Å². The van der Waals surface area contributed by atoms with Gasteiger partial charge in [-0.15, -0.1) is 0 Å². The van der Waals surface area contributed by atoms with Crippen LogP contribution in [0.4, 0.5) is 0 Å². The van der Waals surface area contributed by atoms with Crippen molar-refractivity contribution in [3.8, 4) is 0 Å². The molecule has 0 radical (unpaired) electrons. The van der Waals surface area contributed by atoms with Gasteiger partial charge in [0.2, 0.25) is 5.91 Å². The van der Waals surface area contributed by atoms with Crippen molar-refractivity contribution in [2.75, 3.05) is 12.9 Å². The Hall–Kier alpha value is -1.40. The van der Waals surface area contributed by atoms with Gasteiger partial charge in [0, 0.05) is 25.8 Å². The number of hydrogen-bond donors (Lipinski definition) is 1. The lowest BCUT2D eigenvalue weighted by Crippen LogP contribution is -2.58. The molecule has 2 saturated carbocycles. The maximum atomic E-state index is 11.9. The summed E-state index contributed by atoms with van der Waals surface area (Å²) < 4.78 is 29.7. The third kappa shape index (κ3) is 2.83. The van der Waals surface area contributed by atoms with E-state index in [1.54, 1.807) is 19.1 Å². The molecule has 3 fully saturated rings. The highest BCUT2D eigenvalue weighted by Gasteiger charge is 2.68. The quantitative estimate of drug-likeness (QED) is 0.859. The number of ether oxygens (including phenoxy) is 1. The second-order valence-electron chi connectivity index (χ2n) is 9.31. The summed E-state index contributed by atoms with van der Waals surface area (Å²) in [6.45, 7) is 6.85. The van der Waals surface area contributed by atoms with Gasteiger partial charge in [-0.3, -0.25) is 4.79 Å². The highest BCUT2D eigenvalue weighted by molar-refractivity contribution is 7.90. The third-order valence-electron chi connectivity index (χ3n) is 7.49. The van der Waals surface area contributed by atoms with Gasteiger partial charge in [0.15, 0.2) is 9.84 Å². The van der Waals surface area contributed by atoms with E-state index in [0.29, 0.717) is 23.3 Å². The number of nitrogens with one attached hydrogen (secondary N) is 1. The van der Waals surface area contributed by atoms with Crippen molar-refractivity contribution in [2.45, 2.75) is 57.1 Å². The molecule has 148 valence electrons. The van der Waals surface area contributed by atoms with Gasteiger partial charge in [-0.1, -0.05) is 26.0 Å². The number of hydrogen-bond acceptors (Lipinski definition) is 4. The van der Waals surface area contributed by atoms with Gasteiger partial charge in [0.05, 0.1) is 11.0 Å². The number of sulfone groups is 1. The van der Waals surface area contributed by atoms with Crippen molar-refractivity contribution < 1.29 is 17.9 Å². The van der Waals surface area contributed by atoms with Crippen molar-refractivity contribution in [3.63, 3.8) is 0 Å². The third-order valence-corrected chi connectivity index (χ3v) is 8.62. The molecule has 1 heterocycles. The van der Waals surface area contributed by atoms with Crippen LogP contribution in [0.25, 0.3) is 0 Å². The minimum Gasteiger partial charge on any atom is -0.373 e. The molecule has 1 spiro atoms. The Bertz CT molecular complexity index is 861. The Morgan fingerprint density at radius 2 is 1.89 bits per heavy atom. The van der Waals surface area contributed by atoms with Crippen molar-refractivity contribution >= 4 is 15.7 Å². The first-order valence-corrected chi connectivity index (χ1v) is 11.6. The molecule has 1 aromatic rings. The van der Waals surface area contributed by atoms with Crippen molar-refractivity contribution in [1.82, 2.24) is 5.32 Å². The summed E-state index contributed by atoms with van der Waals surface area (Å²) in [6.07, 6.45) is 4.40. The molecular weight excluding hydrogens is 362 g/mol. The molecule has 6 heteroatoms. The van der Waals surface area contributed by atoms with Crippen LogP contribution in [-0.4, -0.2) is 33.2 Å². The van der Waals surface area contributed by atoms with Gasteiger partial charge in [-0.05, 0) is 59.6 Å². The summed E-state index contributed by atoms with van der Waals surface area (Å²) in [5.74, 6) is 0.957. The van der Waals surface area contributed by atoms with Crippen LogP contribution in [0.5, 0.6) is 0 Å². The van der Waals surface area contributed by atoms with Gasteiger partial charge in [-0.25, -0.2) is 8.42 Å². The average Bonchev–Trinajstić information content (AvgIpc) is 3.07. The summed E-state index contributed by atoms with van der Waals surface area (Å²) in [7, 11) is -3.20. The zero-order valence-corrected chi connectivity index (χ0v) is 17.3. The van der Waals surface area contributed by atoms with Crippen LogP contribution in [-0.2, 0) is 19.4 Å². The normalized spacial score (nSPS) is 37.0. The maximum absolute atomic E-state index is 11.9. The molecule has 5 nitrogen and oxygen atoms in total. The molecule has 1 N–H and O–H groups in total. The van der Waals surface area contributed by atoms with Crippen LogP contribution in [0, 0.1) is 22.7 Å². The Balaban J connectivity index is 1.68. The van der Waals surface area contributed by atoms with Gasteiger partial charge < -0.3 is 10.1 Å². The van der Waals surface area contributed by atoms with Gasteiger partial charge in [0.1, 0.15) is 0 Å². The Labute approximate surface area is 161 Å². The largest absolute Gasteiger partial charge is 0.373 e. The monoisotopic (exact) mass is 391 g/mol. The fraction of sp³-hybridized carbons (Fsp3) is 0.667. The fourth-order valence-electron chi connectivity index (χ4n) is 6.23. The van der Waals surface area contributed by atoms with Crippen LogP contribution in [0.3, 0.4) is 0 Å². The summed E-state index contributed by atoms with van der Waals surface area (Å²) in [4.78, 5) is 12.3. The van der Waals surface area contributed by atoms with E-state index in [4.69, 9.17) is 4.74 Å². The molecule has 1 aromatic carbocycles. The molecule has 3 aliphatic rings. The molecule has 1 amide bonds. The van der Waals surface area contributed by atoms with E-state index in [2.05, 4.69) is 19.2 Å². The molecule has 1 aliphatic heterocycles.